The fraction of sp³-hybridized carbons (Fsp3) is 0.433. The second-order valence-electron chi connectivity index (χ2n) is 11.4. The van der Waals surface area contributed by atoms with Crippen LogP contribution in [0.1, 0.15) is 24.0 Å². The number of halogens is 6. The molecular weight excluding hydrogens is 749 g/mol. The van der Waals surface area contributed by atoms with Gasteiger partial charge in [0.25, 0.3) is 0 Å². The molecule has 2 aromatic rings. The zero-order valence-electron chi connectivity index (χ0n) is 26.6. The third kappa shape index (κ3) is 13.5. The number of carbonyl (C=O) groups is 5. The second-order valence-corrected chi connectivity index (χ2v) is 12.7. The van der Waals surface area contributed by atoms with Crippen LogP contribution in [0.25, 0.3) is 0 Å². The lowest BCUT2D eigenvalue weighted by atomic mass is 10.1. The molecule has 4 N–H and O–H groups in total. The summed E-state index contributed by atoms with van der Waals surface area (Å²) in [6.45, 7) is -1.48. The molecule has 4 amide bonds. The third-order valence-corrected chi connectivity index (χ3v) is 7.73. The molecule has 19 heteroatoms. The second kappa shape index (κ2) is 19.3. The van der Waals surface area contributed by atoms with Gasteiger partial charge in [-0.2, -0.15) is 12.6 Å². The van der Waals surface area contributed by atoms with Gasteiger partial charge in [-0.1, -0.05) is 34.1 Å². The van der Waals surface area contributed by atoms with Gasteiger partial charge in [0, 0.05) is 22.2 Å². The summed E-state index contributed by atoms with van der Waals surface area (Å²) in [5, 5.41) is 9.61. The molecule has 0 spiro atoms. The molecule has 2 aromatic carbocycles. The normalized spacial score (nSPS) is 12.4. The van der Waals surface area contributed by atoms with Crippen molar-refractivity contribution < 1.29 is 59.9 Å². The summed E-state index contributed by atoms with van der Waals surface area (Å²) in [7, 11) is 5.76. The highest BCUT2D eigenvalue weighted by Crippen LogP contribution is 2.23. The third-order valence-electron chi connectivity index (χ3n) is 6.59. The zero-order valence-corrected chi connectivity index (χ0v) is 29.1. The lowest BCUT2D eigenvalue weighted by Crippen LogP contribution is -2.51. The van der Waals surface area contributed by atoms with E-state index in [2.05, 4.69) is 54.6 Å². The summed E-state index contributed by atoms with van der Waals surface area (Å²) in [5.41, 5.74) is -0.712. The molecule has 0 fully saturated rings. The summed E-state index contributed by atoms with van der Waals surface area (Å²) in [6.07, 6.45) is -1.46. The lowest BCUT2D eigenvalue weighted by Gasteiger charge is -2.25. The van der Waals surface area contributed by atoms with E-state index in [-0.39, 0.29) is 31.7 Å². The molecule has 0 aromatic heterocycles. The Kier molecular flexibility index (Phi) is 16.2. The first-order chi connectivity index (χ1) is 22.9. The predicted octanol–water partition coefficient (Wildman–Crippen LogP) is 2.62. The van der Waals surface area contributed by atoms with E-state index < -0.39 is 89.7 Å². The van der Waals surface area contributed by atoms with Crippen molar-refractivity contribution in [2.75, 3.05) is 46.5 Å². The van der Waals surface area contributed by atoms with Crippen LogP contribution in [0.5, 0.6) is 0 Å². The van der Waals surface area contributed by atoms with E-state index >= 15 is 0 Å². The average molecular weight is 786 g/mol. The Hall–Kier alpha value is -3.97. The Labute approximate surface area is 292 Å². The largest absolute Gasteiger partial charge is 0.459 e. The van der Waals surface area contributed by atoms with Crippen molar-refractivity contribution >= 4 is 58.3 Å². The molecule has 2 atom stereocenters. The monoisotopic (exact) mass is 784 g/mol. The molecule has 0 aliphatic heterocycles. The van der Waals surface area contributed by atoms with E-state index in [0.717, 1.165) is 0 Å². The highest BCUT2D eigenvalue weighted by Gasteiger charge is 2.28. The van der Waals surface area contributed by atoms with Crippen LogP contribution in [-0.2, 0) is 41.9 Å². The van der Waals surface area contributed by atoms with Gasteiger partial charge in [0.2, 0.25) is 23.5 Å². The molecule has 0 aliphatic carbocycles. The van der Waals surface area contributed by atoms with Crippen LogP contribution in [0.4, 0.5) is 26.7 Å². The molecule has 2 unspecified atom stereocenters. The number of likely N-dealkylation sites (N-methyl/N-ethyl adjacent to an activating group) is 1. The van der Waals surface area contributed by atoms with Crippen LogP contribution in [0.3, 0.4) is 0 Å². The van der Waals surface area contributed by atoms with E-state index in [0.29, 0.717) is 21.1 Å². The molecule has 0 saturated carbocycles. The standard InChI is InChI=1S/C30H35BrF5N5O7S/c1-41(2,3)11-10-37-28(44)19(40-30(46)48-13-16-6-4-5-7-18(16)31)8-9-21(42)39-20(15-49)29(45)38-12-22(43)47-14-17-23(32)25(34)27(36)26(35)24(17)33/h4-7,19-20H,8-15H2,1-3H3,(H4-,37,38,39,40,42,44,45,46,49)/p+1. The number of amides is 4. The van der Waals surface area contributed by atoms with E-state index in [9.17, 15) is 45.9 Å². The Morgan fingerprint density at radius 1 is 0.816 bits per heavy atom. The Bertz CT molecular complexity index is 1500. The quantitative estimate of drug-likeness (QED) is 0.0414. The Morgan fingerprint density at radius 2 is 1.41 bits per heavy atom. The summed E-state index contributed by atoms with van der Waals surface area (Å²) in [5.74, 6) is -15.0. The maximum Gasteiger partial charge on any atom is 0.408 e. The maximum atomic E-state index is 13.8. The van der Waals surface area contributed by atoms with Crippen LogP contribution in [0.15, 0.2) is 28.7 Å². The molecule has 2 rings (SSSR count). The van der Waals surface area contributed by atoms with Crippen LogP contribution >= 0.6 is 28.6 Å². The van der Waals surface area contributed by atoms with Gasteiger partial charge in [0.15, 0.2) is 23.3 Å². The molecule has 0 saturated heterocycles. The van der Waals surface area contributed by atoms with Crippen molar-refractivity contribution in [1.29, 1.82) is 0 Å². The zero-order chi connectivity index (χ0) is 36.9. The van der Waals surface area contributed by atoms with Gasteiger partial charge in [0.1, 0.15) is 31.8 Å². The minimum Gasteiger partial charge on any atom is -0.459 e. The molecule has 0 aliphatic rings. The minimum absolute atomic E-state index is 0.104. The summed E-state index contributed by atoms with van der Waals surface area (Å²) >= 11 is 7.35. The maximum absolute atomic E-state index is 13.8. The average Bonchev–Trinajstić information content (AvgIpc) is 3.04. The van der Waals surface area contributed by atoms with Crippen molar-refractivity contribution in [2.24, 2.45) is 0 Å². The lowest BCUT2D eigenvalue weighted by molar-refractivity contribution is -0.869. The highest BCUT2D eigenvalue weighted by atomic mass is 79.9. The molecule has 0 bridgehead atoms. The van der Waals surface area contributed by atoms with Gasteiger partial charge < -0.3 is 35.2 Å². The molecular formula is C30H36BrF5N5O7S+. The van der Waals surface area contributed by atoms with Gasteiger partial charge in [-0.15, -0.1) is 0 Å². The Morgan fingerprint density at radius 3 is 2.00 bits per heavy atom. The van der Waals surface area contributed by atoms with Gasteiger partial charge in [0.05, 0.1) is 39.8 Å². The fourth-order valence-electron chi connectivity index (χ4n) is 3.85. The van der Waals surface area contributed by atoms with Crippen molar-refractivity contribution in [3.05, 3.63) is 69.0 Å². The van der Waals surface area contributed by atoms with Gasteiger partial charge in [-0.05, 0) is 12.5 Å². The van der Waals surface area contributed by atoms with Crippen LogP contribution in [-0.4, -0.2) is 92.9 Å². The van der Waals surface area contributed by atoms with Crippen molar-refractivity contribution in [2.45, 2.75) is 38.1 Å². The molecule has 0 radical (unpaired) electrons. The number of nitrogens with zero attached hydrogens (tertiary/aromatic N) is 1. The molecule has 49 heavy (non-hydrogen) atoms. The number of nitrogens with one attached hydrogen (secondary N) is 4. The first-order valence-electron chi connectivity index (χ1n) is 14.5. The topological polar surface area (TPSA) is 152 Å². The van der Waals surface area contributed by atoms with E-state index in [4.69, 9.17) is 4.74 Å². The van der Waals surface area contributed by atoms with Gasteiger partial charge >= 0.3 is 12.1 Å². The van der Waals surface area contributed by atoms with Crippen LogP contribution < -0.4 is 21.3 Å². The molecule has 270 valence electrons. The van der Waals surface area contributed by atoms with Crippen LogP contribution in [0, 0.1) is 29.1 Å². The van der Waals surface area contributed by atoms with E-state index in [1.54, 1.807) is 24.3 Å². The van der Waals surface area contributed by atoms with E-state index in [1.807, 2.05) is 21.1 Å². The fourth-order valence-corrected chi connectivity index (χ4v) is 4.50. The highest BCUT2D eigenvalue weighted by molar-refractivity contribution is 9.10. The summed E-state index contributed by atoms with van der Waals surface area (Å²) < 4.78 is 78.5. The van der Waals surface area contributed by atoms with Crippen molar-refractivity contribution in [3.63, 3.8) is 0 Å². The number of benzene rings is 2. The number of alkyl carbamates (subject to hydrolysis) is 1. The summed E-state index contributed by atoms with van der Waals surface area (Å²) in [4.78, 5) is 62.7. The first kappa shape index (κ1) is 41.2. The van der Waals surface area contributed by atoms with Crippen molar-refractivity contribution in [1.82, 2.24) is 21.3 Å². The Balaban J connectivity index is 1.93. The SMILES string of the molecule is C[N+](C)(C)CCNC(=O)C(CCC(=O)NC(CS)C(=O)NCC(=O)OCc1c(F)c(F)c(F)c(F)c1F)NC(=O)OCc1ccccc1Br. The smallest absolute Gasteiger partial charge is 0.408 e. The number of thiol groups is 1. The number of hydrogen-bond acceptors (Lipinski definition) is 8. The number of esters is 1. The number of rotatable bonds is 17. The summed E-state index contributed by atoms with van der Waals surface area (Å²) in [6, 6.07) is 4.52. The molecule has 12 nitrogen and oxygen atoms in total. The number of quaternary nitrogens is 1. The van der Waals surface area contributed by atoms with Gasteiger partial charge in [-0.25, -0.2) is 26.7 Å². The number of carbonyl (C=O) groups excluding carboxylic acids is 5. The minimum atomic E-state index is -2.38. The van der Waals surface area contributed by atoms with Crippen molar-refractivity contribution in [3.8, 4) is 0 Å². The predicted molar refractivity (Wildman–Crippen MR) is 171 cm³/mol. The van der Waals surface area contributed by atoms with Gasteiger partial charge in [-0.3, -0.25) is 19.2 Å². The number of hydrogen-bond donors (Lipinski definition) is 5. The van der Waals surface area contributed by atoms with Crippen LogP contribution in [0.2, 0.25) is 0 Å². The molecule has 0 heterocycles. The first-order valence-corrected chi connectivity index (χ1v) is 16.0. The van der Waals surface area contributed by atoms with E-state index in [1.165, 1.54) is 0 Å². The number of ether oxygens (including phenoxy) is 2.